The molecule has 0 aliphatic heterocycles. The molecule has 0 N–H and O–H groups in total. The zero-order valence-corrected chi connectivity index (χ0v) is 10.8. The molecule has 0 aliphatic carbocycles. The van der Waals surface area contributed by atoms with E-state index in [2.05, 4.69) is 36.6 Å². The summed E-state index contributed by atoms with van der Waals surface area (Å²) < 4.78 is 5.63. The van der Waals surface area contributed by atoms with Crippen molar-refractivity contribution in [3.63, 3.8) is 0 Å². The van der Waals surface area contributed by atoms with Crippen molar-refractivity contribution in [3.05, 3.63) is 34.3 Å². The van der Waals surface area contributed by atoms with Crippen molar-refractivity contribution in [2.24, 2.45) is 0 Å². The van der Waals surface area contributed by atoms with Crippen molar-refractivity contribution in [2.45, 2.75) is 11.2 Å². The van der Waals surface area contributed by atoms with Crippen molar-refractivity contribution in [3.8, 4) is 0 Å². The molecule has 0 saturated heterocycles. The van der Waals surface area contributed by atoms with Crippen LogP contribution in [0.1, 0.15) is 5.56 Å². The Morgan fingerprint density at radius 3 is 2.71 bits per heavy atom. The summed E-state index contributed by atoms with van der Waals surface area (Å²) in [6.45, 7) is 0. The van der Waals surface area contributed by atoms with Crippen LogP contribution in [0.5, 0.6) is 0 Å². The molecule has 0 bridgehead atoms. The minimum absolute atomic E-state index is 0.249. The van der Waals surface area contributed by atoms with Crippen LogP contribution in [0.25, 0.3) is 0 Å². The molecular formula is C10H10Br2O2. The van der Waals surface area contributed by atoms with Crippen LogP contribution in [0.3, 0.4) is 0 Å². The normalized spacial score (nSPS) is 12.2. The third kappa shape index (κ3) is 3.10. The zero-order chi connectivity index (χ0) is 10.6. The Labute approximate surface area is 99.9 Å². The van der Waals surface area contributed by atoms with E-state index in [1.807, 2.05) is 24.3 Å². The molecule has 1 unspecified atom stereocenters. The third-order valence-corrected chi connectivity index (χ3v) is 3.29. The highest BCUT2D eigenvalue weighted by molar-refractivity contribution is 9.10. The van der Waals surface area contributed by atoms with E-state index in [1.165, 1.54) is 7.11 Å². The molecule has 0 aliphatic rings. The van der Waals surface area contributed by atoms with Crippen LogP contribution in [0.2, 0.25) is 0 Å². The number of ether oxygens (including phenoxy) is 1. The summed E-state index contributed by atoms with van der Waals surface area (Å²) in [6.07, 6.45) is 0.619. The van der Waals surface area contributed by atoms with Crippen LogP contribution in [-0.2, 0) is 16.0 Å². The van der Waals surface area contributed by atoms with Gasteiger partial charge in [-0.3, -0.25) is 4.79 Å². The summed E-state index contributed by atoms with van der Waals surface area (Å²) in [7, 11) is 1.39. The van der Waals surface area contributed by atoms with Gasteiger partial charge in [0, 0.05) is 4.47 Å². The predicted octanol–water partition coefficient (Wildman–Crippen LogP) is 2.93. The van der Waals surface area contributed by atoms with Gasteiger partial charge in [0.1, 0.15) is 4.83 Å². The topological polar surface area (TPSA) is 26.3 Å². The smallest absolute Gasteiger partial charge is 0.319 e. The van der Waals surface area contributed by atoms with E-state index in [1.54, 1.807) is 0 Å². The third-order valence-electron chi connectivity index (χ3n) is 1.81. The number of carbonyl (C=O) groups excluding carboxylic acids is 1. The van der Waals surface area contributed by atoms with Gasteiger partial charge in [-0.2, -0.15) is 0 Å². The van der Waals surface area contributed by atoms with Gasteiger partial charge in [-0.05, 0) is 18.1 Å². The van der Waals surface area contributed by atoms with E-state index in [4.69, 9.17) is 0 Å². The molecule has 1 rings (SSSR count). The lowest BCUT2D eigenvalue weighted by atomic mass is 10.1. The predicted molar refractivity (Wildman–Crippen MR) is 62.6 cm³/mol. The van der Waals surface area contributed by atoms with Gasteiger partial charge in [0.05, 0.1) is 7.11 Å². The van der Waals surface area contributed by atoms with Gasteiger partial charge in [0.25, 0.3) is 0 Å². The molecule has 0 spiro atoms. The molecule has 0 aromatic heterocycles. The van der Waals surface area contributed by atoms with Crippen molar-refractivity contribution in [1.29, 1.82) is 0 Å². The van der Waals surface area contributed by atoms with Crippen LogP contribution >= 0.6 is 31.9 Å². The fraction of sp³-hybridized carbons (Fsp3) is 0.300. The monoisotopic (exact) mass is 320 g/mol. The Morgan fingerprint density at radius 2 is 2.14 bits per heavy atom. The lowest BCUT2D eigenvalue weighted by Gasteiger charge is -2.08. The highest BCUT2D eigenvalue weighted by Crippen LogP contribution is 2.20. The Kier molecular flexibility index (Phi) is 4.62. The van der Waals surface area contributed by atoms with Crippen LogP contribution in [-0.4, -0.2) is 17.9 Å². The maximum Gasteiger partial charge on any atom is 0.319 e. The first-order valence-corrected chi connectivity index (χ1v) is 5.81. The van der Waals surface area contributed by atoms with E-state index in [-0.39, 0.29) is 10.8 Å². The van der Waals surface area contributed by atoms with Gasteiger partial charge >= 0.3 is 5.97 Å². The number of benzene rings is 1. The minimum Gasteiger partial charge on any atom is -0.468 e. The molecule has 1 aromatic carbocycles. The molecule has 0 fully saturated rings. The summed E-state index contributed by atoms with van der Waals surface area (Å²) >= 11 is 6.70. The summed E-state index contributed by atoms with van der Waals surface area (Å²) in [6, 6.07) is 7.81. The lowest BCUT2D eigenvalue weighted by molar-refractivity contribution is -0.139. The van der Waals surface area contributed by atoms with Gasteiger partial charge in [0.15, 0.2) is 0 Å². The molecule has 0 amide bonds. The second-order valence-electron chi connectivity index (χ2n) is 2.79. The van der Waals surface area contributed by atoms with Crippen LogP contribution in [0, 0.1) is 0 Å². The van der Waals surface area contributed by atoms with Crippen LogP contribution < -0.4 is 0 Å². The van der Waals surface area contributed by atoms with Gasteiger partial charge in [-0.1, -0.05) is 50.1 Å². The highest BCUT2D eigenvalue weighted by atomic mass is 79.9. The van der Waals surface area contributed by atoms with Crippen molar-refractivity contribution in [2.75, 3.05) is 7.11 Å². The second-order valence-corrected chi connectivity index (χ2v) is 4.75. The van der Waals surface area contributed by atoms with E-state index in [0.29, 0.717) is 6.42 Å². The number of methoxy groups -OCH3 is 1. The number of rotatable bonds is 3. The molecule has 0 saturated carbocycles. The standard InChI is InChI=1S/C10H10Br2O2/c1-14-10(13)9(12)6-7-4-2-3-5-8(7)11/h2-5,9H,6H2,1H3. The number of carbonyl (C=O) groups is 1. The molecule has 1 atom stereocenters. The fourth-order valence-corrected chi connectivity index (χ4v) is 2.05. The quantitative estimate of drug-likeness (QED) is 0.632. The first kappa shape index (κ1) is 11.7. The Hall–Kier alpha value is -0.350. The first-order chi connectivity index (χ1) is 6.65. The van der Waals surface area contributed by atoms with Crippen molar-refractivity contribution >= 4 is 37.8 Å². The largest absolute Gasteiger partial charge is 0.468 e. The fourth-order valence-electron chi connectivity index (χ4n) is 1.07. The number of halogens is 2. The molecule has 1 aromatic rings. The lowest BCUT2D eigenvalue weighted by Crippen LogP contribution is -2.18. The summed E-state index contributed by atoms with van der Waals surface area (Å²) in [5, 5.41) is 0. The van der Waals surface area contributed by atoms with E-state index >= 15 is 0 Å². The number of esters is 1. The molecule has 0 radical (unpaired) electrons. The molecule has 0 heterocycles. The summed E-state index contributed by atoms with van der Waals surface area (Å²) in [5.74, 6) is -0.249. The average molecular weight is 322 g/mol. The van der Waals surface area contributed by atoms with Gasteiger partial charge in [-0.15, -0.1) is 0 Å². The molecular weight excluding hydrogens is 312 g/mol. The summed E-state index contributed by atoms with van der Waals surface area (Å²) in [4.78, 5) is 10.9. The molecule has 2 nitrogen and oxygen atoms in total. The molecule has 4 heteroatoms. The van der Waals surface area contributed by atoms with Gasteiger partial charge in [0.2, 0.25) is 0 Å². The SMILES string of the molecule is COC(=O)C(Br)Cc1ccccc1Br. The molecule has 76 valence electrons. The van der Waals surface area contributed by atoms with Crippen molar-refractivity contribution in [1.82, 2.24) is 0 Å². The number of hydrogen-bond acceptors (Lipinski definition) is 2. The number of alkyl halides is 1. The molecule has 14 heavy (non-hydrogen) atoms. The minimum atomic E-state index is -0.286. The second kappa shape index (κ2) is 5.51. The van der Waals surface area contributed by atoms with E-state index in [0.717, 1.165) is 10.0 Å². The summed E-state index contributed by atoms with van der Waals surface area (Å²) in [5.41, 5.74) is 1.08. The Balaban J connectivity index is 2.69. The van der Waals surface area contributed by atoms with E-state index < -0.39 is 0 Å². The van der Waals surface area contributed by atoms with Crippen LogP contribution in [0.15, 0.2) is 28.7 Å². The average Bonchev–Trinajstić information content (AvgIpc) is 2.20. The number of hydrogen-bond donors (Lipinski definition) is 0. The Morgan fingerprint density at radius 1 is 1.50 bits per heavy atom. The maximum absolute atomic E-state index is 11.1. The maximum atomic E-state index is 11.1. The zero-order valence-electron chi connectivity index (χ0n) is 7.67. The van der Waals surface area contributed by atoms with Crippen molar-refractivity contribution < 1.29 is 9.53 Å². The Bertz CT molecular complexity index is 326. The first-order valence-electron chi connectivity index (χ1n) is 4.10. The van der Waals surface area contributed by atoms with Gasteiger partial charge in [-0.25, -0.2) is 0 Å². The van der Waals surface area contributed by atoms with Crippen LogP contribution in [0.4, 0.5) is 0 Å². The van der Waals surface area contributed by atoms with Gasteiger partial charge < -0.3 is 4.74 Å². The van der Waals surface area contributed by atoms with E-state index in [9.17, 15) is 4.79 Å². The highest BCUT2D eigenvalue weighted by Gasteiger charge is 2.16.